The van der Waals surface area contributed by atoms with Gasteiger partial charge in [0.25, 0.3) is 0 Å². The number of methoxy groups -OCH3 is 1. The van der Waals surface area contributed by atoms with Crippen LogP contribution in [0.4, 0.5) is 0 Å². The fourth-order valence-corrected chi connectivity index (χ4v) is 2.64. The molecule has 0 N–H and O–H groups in total. The first-order valence-electron chi connectivity index (χ1n) is 5.95. The SMILES string of the molecule is COC1(CN2CCC(=O)C(C)C2)CCC1. The molecule has 2 rings (SSSR count). The Hall–Kier alpha value is -0.410. The van der Waals surface area contributed by atoms with Gasteiger partial charge < -0.3 is 4.74 Å². The molecule has 1 aliphatic heterocycles. The molecule has 3 nitrogen and oxygen atoms in total. The first-order valence-corrected chi connectivity index (χ1v) is 5.95. The molecule has 0 aromatic heterocycles. The maximum atomic E-state index is 11.4. The summed E-state index contributed by atoms with van der Waals surface area (Å²) in [6.07, 6.45) is 4.38. The van der Waals surface area contributed by atoms with Gasteiger partial charge in [0, 0.05) is 39.1 Å². The van der Waals surface area contributed by atoms with E-state index in [1.54, 1.807) is 0 Å². The van der Waals surface area contributed by atoms with E-state index in [0.717, 1.165) is 26.1 Å². The molecule has 0 radical (unpaired) electrons. The Morgan fingerprint density at radius 1 is 1.53 bits per heavy atom. The van der Waals surface area contributed by atoms with Crippen molar-refractivity contribution in [1.82, 2.24) is 4.90 Å². The van der Waals surface area contributed by atoms with Crippen LogP contribution in [0.2, 0.25) is 0 Å². The quantitative estimate of drug-likeness (QED) is 0.708. The van der Waals surface area contributed by atoms with Gasteiger partial charge in [-0.15, -0.1) is 0 Å². The second-order valence-electron chi connectivity index (χ2n) is 5.09. The number of carbonyl (C=O) groups excluding carboxylic acids is 1. The van der Waals surface area contributed by atoms with Crippen LogP contribution in [0, 0.1) is 5.92 Å². The van der Waals surface area contributed by atoms with Gasteiger partial charge >= 0.3 is 0 Å². The molecular formula is C12H21NO2. The van der Waals surface area contributed by atoms with Gasteiger partial charge in [0.1, 0.15) is 5.78 Å². The van der Waals surface area contributed by atoms with Crippen molar-refractivity contribution in [3.05, 3.63) is 0 Å². The van der Waals surface area contributed by atoms with E-state index in [2.05, 4.69) is 4.90 Å². The van der Waals surface area contributed by atoms with E-state index in [9.17, 15) is 4.79 Å². The van der Waals surface area contributed by atoms with Crippen LogP contribution < -0.4 is 0 Å². The van der Waals surface area contributed by atoms with Gasteiger partial charge in [0.05, 0.1) is 5.60 Å². The molecule has 0 aromatic carbocycles. The average Bonchev–Trinajstić information content (AvgIpc) is 2.17. The molecule has 15 heavy (non-hydrogen) atoms. The molecule has 1 heterocycles. The third-order valence-corrected chi connectivity index (χ3v) is 3.97. The number of hydrogen-bond donors (Lipinski definition) is 0. The number of piperidine rings is 1. The van der Waals surface area contributed by atoms with Crippen LogP contribution in [0.3, 0.4) is 0 Å². The van der Waals surface area contributed by atoms with Crippen LogP contribution in [0.15, 0.2) is 0 Å². The van der Waals surface area contributed by atoms with Crippen LogP contribution in [-0.2, 0) is 9.53 Å². The van der Waals surface area contributed by atoms with Gasteiger partial charge in [-0.1, -0.05) is 6.92 Å². The van der Waals surface area contributed by atoms with Gasteiger partial charge in [0.2, 0.25) is 0 Å². The predicted molar refractivity (Wildman–Crippen MR) is 58.8 cm³/mol. The lowest BCUT2D eigenvalue weighted by Gasteiger charge is -2.45. The van der Waals surface area contributed by atoms with Crippen LogP contribution >= 0.6 is 0 Å². The molecule has 1 unspecified atom stereocenters. The molecule has 86 valence electrons. The number of Topliss-reactive ketones (excluding diaryl/α,β-unsaturated/α-hetero) is 1. The van der Waals surface area contributed by atoms with Crippen LogP contribution in [0.5, 0.6) is 0 Å². The van der Waals surface area contributed by atoms with Crippen molar-refractivity contribution in [3.8, 4) is 0 Å². The summed E-state index contributed by atoms with van der Waals surface area (Å²) in [4.78, 5) is 13.8. The van der Waals surface area contributed by atoms with Gasteiger partial charge in [-0.3, -0.25) is 9.69 Å². The van der Waals surface area contributed by atoms with Crippen LogP contribution in [0.1, 0.15) is 32.6 Å². The number of nitrogens with zero attached hydrogens (tertiary/aromatic N) is 1. The Morgan fingerprint density at radius 2 is 2.27 bits per heavy atom. The highest BCUT2D eigenvalue weighted by Gasteiger charge is 2.39. The van der Waals surface area contributed by atoms with Gasteiger partial charge in [-0.05, 0) is 19.3 Å². The Balaban J connectivity index is 1.87. The number of rotatable bonds is 3. The van der Waals surface area contributed by atoms with Gasteiger partial charge in [0.15, 0.2) is 0 Å². The standard InChI is InChI=1S/C12H21NO2/c1-10-8-13(7-4-11(10)14)9-12(15-2)5-3-6-12/h10H,3-9H2,1-2H3. The van der Waals surface area contributed by atoms with E-state index in [4.69, 9.17) is 4.74 Å². The third kappa shape index (κ3) is 2.23. The molecule has 1 aliphatic carbocycles. The smallest absolute Gasteiger partial charge is 0.138 e. The summed E-state index contributed by atoms with van der Waals surface area (Å²) in [7, 11) is 1.82. The van der Waals surface area contributed by atoms with Crippen molar-refractivity contribution >= 4 is 5.78 Å². The van der Waals surface area contributed by atoms with Crippen molar-refractivity contribution in [2.75, 3.05) is 26.7 Å². The van der Waals surface area contributed by atoms with E-state index in [1.165, 1.54) is 19.3 Å². The average molecular weight is 211 g/mol. The molecule has 1 saturated carbocycles. The van der Waals surface area contributed by atoms with Crippen molar-refractivity contribution in [2.45, 2.75) is 38.2 Å². The monoisotopic (exact) mass is 211 g/mol. The lowest BCUT2D eigenvalue weighted by molar-refractivity contribution is -0.129. The van der Waals surface area contributed by atoms with Crippen LogP contribution in [-0.4, -0.2) is 43.0 Å². The lowest BCUT2D eigenvalue weighted by atomic mass is 9.79. The first kappa shape index (κ1) is 11.1. The molecule has 0 bridgehead atoms. The normalized spacial score (nSPS) is 31.3. The molecule has 2 aliphatic rings. The molecule has 3 heteroatoms. The highest BCUT2D eigenvalue weighted by atomic mass is 16.5. The topological polar surface area (TPSA) is 29.5 Å². The van der Waals surface area contributed by atoms with Crippen LogP contribution in [0.25, 0.3) is 0 Å². The Morgan fingerprint density at radius 3 is 2.73 bits per heavy atom. The van der Waals surface area contributed by atoms with Crippen molar-refractivity contribution in [1.29, 1.82) is 0 Å². The predicted octanol–water partition coefficient (Wildman–Crippen LogP) is 1.47. The molecule has 2 fully saturated rings. The summed E-state index contributed by atoms with van der Waals surface area (Å²) in [5.74, 6) is 0.638. The molecule has 1 saturated heterocycles. The fraction of sp³-hybridized carbons (Fsp3) is 0.917. The summed E-state index contributed by atoms with van der Waals surface area (Å²) in [6, 6.07) is 0. The first-order chi connectivity index (χ1) is 7.15. The fourth-order valence-electron chi connectivity index (χ4n) is 2.64. The molecule has 1 atom stereocenters. The summed E-state index contributed by atoms with van der Waals surface area (Å²) >= 11 is 0. The summed E-state index contributed by atoms with van der Waals surface area (Å²) in [5, 5.41) is 0. The van der Waals surface area contributed by atoms with E-state index in [-0.39, 0.29) is 11.5 Å². The Labute approximate surface area is 91.8 Å². The zero-order valence-electron chi connectivity index (χ0n) is 9.79. The summed E-state index contributed by atoms with van der Waals surface area (Å²) in [6.45, 7) is 4.90. The van der Waals surface area contributed by atoms with Gasteiger partial charge in [-0.25, -0.2) is 0 Å². The number of ketones is 1. The molecule has 0 amide bonds. The Kier molecular flexibility index (Phi) is 3.12. The molecule has 0 aromatic rings. The molecule has 0 spiro atoms. The summed E-state index contributed by atoms with van der Waals surface area (Å²) < 4.78 is 5.61. The molecular weight excluding hydrogens is 190 g/mol. The zero-order chi connectivity index (χ0) is 10.9. The highest BCUT2D eigenvalue weighted by molar-refractivity contribution is 5.81. The maximum absolute atomic E-state index is 11.4. The lowest BCUT2D eigenvalue weighted by Crippen LogP contribution is -2.52. The van der Waals surface area contributed by atoms with Crippen molar-refractivity contribution in [3.63, 3.8) is 0 Å². The van der Waals surface area contributed by atoms with E-state index in [0.29, 0.717) is 5.78 Å². The highest BCUT2D eigenvalue weighted by Crippen LogP contribution is 2.36. The maximum Gasteiger partial charge on any atom is 0.138 e. The number of likely N-dealkylation sites (tertiary alicyclic amines) is 1. The zero-order valence-corrected chi connectivity index (χ0v) is 9.79. The largest absolute Gasteiger partial charge is 0.377 e. The minimum absolute atomic E-state index is 0.111. The summed E-state index contributed by atoms with van der Waals surface area (Å²) in [5.41, 5.74) is 0.111. The van der Waals surface area contributed by atoms with Crippen molar-refractivity contribution in [2.24, 2.45) is 5.92 Å². The second kappa shape index (κ2) is 4.22. The van der Waals surface area contributed by atoms with E-state index >= 15 is 0 Å². The van der Waals surface area contributed by atoms with E-state index in [1.807, 2.05) is 14.0 Å². The minimum Gasteiger partial charge on any atom is -0.377 e. The second-order valence-corrected chi connectivity index (χ2v) is 5.09. The van der Waals surface area contributed by atoms with Gasteiger partial charge in [-0.2, -0.15) is 0 Å². The Bertz CT molecular complexity index is 242. The van der Waals surface area contributed by atoms with Crippen molar-refractivity contribution < 1.29 is 9.53 Å². The number of carbonyl (C=O) groups is 1. The number of hydrogen-bond acceptors (Lipinski definition) is 3. The minimum atomic E-state index is 0.111. The number of ether oxygens (including phenoxy) is 1. The van der Waals surface area contributed by atoms with E-state index < -0.39 is 0 Å². The third-order valence-electron chi connectivity index (χ3n) is 3.97.